The Bertz CT molecular complexity index is 1020. The van der Waals surface area contributed by atoms with Crippen LogP contribution in [0.25, 0.3) is 0 Å². The lowest BCUT2D eigenvalue weighted by Gasteiger charge is -2.27. The monoisotopic (exact) mass is 822 g/mol. The number of ether oxygens (including phenoxy) is 8. The van der Waals surface area contributed by atoms with Crippen LogP contribution in [0.15, 0.2) is 0 Å². The molecule has 0 N–H and O–H groups in total. The maximum absolute atomic E-state index is 11.4. The van der Waals surface area contributed by atoms with Crippen molar-refractivity contribution in [3.8, 4) is 0 Å². The van der Waals surface area contributed by atoms with Gasteiger partial charge >= 0.3 is 47.8 Å². The van der Waals surface area contributed by atoms with Crippen molar-refractivity contribution >= 4 is 47.8 Å². The van der Waals surface area contributed by atoms with Gasteiger partial charge in [-0.05, 0) is 19.5 Å². The second-order valence-electron chi connectivity index (χ2n) is 12.3. The summed E-state index contributed by atoms with van der Waals surface area (Å²) in [6.45, 7) is 5.91. The van der Waals surface area contributed by atoms with Gasteiger partial charge in [-0.15, -0.1) is 0 Å². The van der Waals surface area contributed by atoms with Gasteiger partial charge in [0.15, 0.2) is 0 Å². The Balaban J connectivity index is 0. The van der Waals surface area contributed by atoms with Gasteiger partial charge in [-0.3, -0.25) is 38.4 Å². The molecular weight excluding hydrogens is 756 g/mol. The smallest absolute Gasteiger partial charge is 0.306 e. The second-order valence-corrected chi connectivity index (χ2v) is 12.3. The highest BCUT2D eigenvalue weighted by Crippen LogP contribution is 2.05. The standard InChI is InChI=1S/C19H34N2O8.C18H32N2O8/c1-26-16(22)6-12-20(13-7-17(23)27-2)10-5-11-21(14-8-18(24)28-3)15-9-19(25)29-4;1-25-15(21)5-9-19(10-6-16(22)26-2)13-14-20(11-7-17(23)27-3)12-8-18(24)28-4/h5-15H2,1-4H3;5-14H2,1-4H3. The molecule has 57 heavy (non-hydrogen) atoms. The van der Waals surface area contributed by atoms with Gasteiger partial charge in [0.2, 0.25) is 0 Å². The normalized spacial score (nSPS) is 10.7. The van der Waals surface area contributed by atoms with Gasteiger partial charge in [-0.1, -0.05) is 0 Å². The Labute approximate surface area is 336 Å². The lowest BCUT2D eigenvalue weighted by atomic mass is 10.2. The van der Waals surface area contributed by atoms with Crippen LogP contribution in [-0.2, 0) is 76.3 Å². The Morgan fingerprint density at radius 3 is 0.526 bits per heavy atom. The van der Waals surface area contributed by atoms with E-state index in [1.54, 1.807) is 0 Å². The number of rotatable bonds is 31. The van der Waals surface area contributed by atoms with E-state index in [1.165, 1.54) is 56.9 Å². The van der Waals surface area contributed by atoms with Crippen LogP contribution in [0.1, 0.15) is 57.8 Å². The minimum atomic E-state index is -0.337. The van der Waals surface area contributed by atoms with E-state index in [2.05, 4.69) is 37.9 Å². The molecule has 0 fully saturated rings. The van der Waals surface area contributed by atoms with Crippen molar-refractivity contribution in [3.05, 3.63) is 0 Å². The molecule has 0 aromatic carbocycles. The second kappa shape index (κ2) is 36.0. The number of esters is 8. The molecule has 0 saturated carbocycles. The van der Waals surface area contributed by atoms with E-state index in [1.807, 2.05) is 19.6 Å². The lowest BCUT2D eigenvalue weighted by Crippen LogP contribution is -2.39. The molecule has 20 heteroatoms. The summed E-state index contributed by atoms with van der Waals surface area (Å²) >= 11 is 0. The minimum absolute atomic E-state index is 0.196. The predicted molar refractivity (Wildman–Crippen MR) is 203 cm³/mol. The molecule has 0 heterocycles. The SMILES string of the molecule is COC(=O)CCN(CCC(=O)OC)CCN(CCC(=O)OC)CCC(=O)OC.COC(=O)CCN(CCCN(CCC(=O)OC)CCC(=O)OC)CCC(=O)OC. The Kier molecular flexibility index (Phi) is 34.5. The van der Waals surface area contributed by atoms with Crippen LogP contribution < -0.4 is 0 Å². The van der Waals surface area contributed by atoms with Gasteiger partial charge in [0.25, 0.3) is 0 Å². The molecule has 0 aliphatic heterocycles. The molecule has 0 aromatic rings. The quantitative estimate of drug-likeness (QED) is 0.0667. The zero-order valence-corrected chi connectivity index (χ0v) is 35.2. The molecule has 330 valence electrons. The van der Waals surface area contributed by atoms with Crippen LogP contribution >= 0.6 is 0 Å². The molecule has 0 aliphatic rings. The van der Waals surface area contributed by atoms with Crippen LogP contribution in [0.5, 0.6) is 0 Å². The number of carbonyl (C=O) groups excluding carboxylic acids is 8. The third-order valence-electron chi connectivity index (χ3n) is 8.56. The molecular formula is C37H66N4O16. The summed E-state index contributed by atoms with van der Waals surface area (Å²) in [5.74, 6) is -2.60. The highest BCUT2D eigenvalue weighted by Gasteiger charge is 2.17. The number of hydrogen-bond acceptors (Lipinski definition) is 20. The van der Waals surface area contributed by atoms with Gasteiger partial charge in [-0.2, -0.15) is 0 Å². The first-order chi connectivity index (χ1) is 27.2. The Morgan fingerprint density at radius 2 is 0.386 bits per heavy atom. The molecule has 0 unspecified atom stereocenters. The highest BCUT2D eigenvalue weighted by atomic mass is 16.5. The van der Waals surface area contributed by atoms with Crippen LogP contribution in [0.4, 0.5) is 0 Å². The van der Waals surface area contributed by atoms with Crippen LogP contribution in [-0.4, -0.2) is 203 Å². The van der Waals surface area contributed by atoms with Crippen molar-refractivity contribution in [2.45, 2.75) is 57.8 Å². The third-order valence-corrected chi connectivity index (χ3v) is 8.56. The zero-order chi connectivity index (χ0) is 43.4. The first-order valence-corrected chi connectivity index (χ1v) is 18.7. The fourth-order valence-corrected chi connectivity index (χ4v) is 4.95. The molecule has 0 bridgehead atoms. The highest BCUT2D eigenvalue weighted by molar-refractivity contribution is 5.72. The van der Waals surface area contributed by atoms with E-state index in [0.29, 0.717) is 78.5 Å². The Morgan fingerprint density at radius 1 is 0.246 bits per heavy atom. The molecule has 0 atom stereocenters. The van der Waals surface area contributed by atoms with Gasteiger partial charge in [-0.25, -0.2) is 0 Å². The van der Waals surface area contributed by atoms with Gasteiger partial charge in [0, 0.05) is 65.4 Å². The number of nitrogens with zero attached hydrogens (tertiary/aromatic N) is 4. The van der Waals surface area contributed by atoms with Crippen LogP contribution in [0.3, 0.4) is 0 Å². The van der Waals surface area contributed by atoms with Crippen molar-refractivity contribution in [1.82, 2.24) is 19.6 Å². The molecule has 0 rings (SSSR count). The van der Waals surface area contributed by atoms with Crippen molar-refractivity contribution in [2.24, 2.45) is 0 Å². The molecule has 20 nitrogen and oxygen atoms in total. The molecule has 0 saturated heterocycles. The third kappa shape index (κ3) is 32.4. The van der Waals surface area contributed by atoms with Gasteiger partial charge < -0.3 is 57.5 Å². The molecule has 0 spiro atoms. The maximum Gasteiger partial charge on any atom is 0.306 e. The first-order valence-electron chi connectivity index (χ1n) is 18.7. The van der Waals surface area contributed by atoms with E-state index in [9.17, 15) is 38.4 Å². The topological polar surface area (TPSA) is 223 Å². The van der Waals surface area contributed by atoms with E-state index in [-0.39, 0.29) is 99.1 Å². The van der Waals surface area contributed by atoms with E-state index >= 15 is 0 Å². The summed E-state index contributed by atoms with van der Waals surface area (Å²) in [7, 11) is 10.6. The molecule has 0 radical (unpaired) electrons. The molecule has 0 aromatic heterocycles. The summed E-state index contributed by atoms with van der Waals surface area (Å²) in [6, 6.07) is 0. The number of methoxy groups -OCH3 is 8. The van der Waals surface area contributed by atoms with Crippen LogP contribution in [0.2, 0.25) is 0 Å². The molecule has 0 amide bonds. The maximum atomic E-state index is 11.4. The average Bonchev–Trinajstić information content (AvgIpc) is 3.23. The molecule has 0 aliphatic carbocycles. The summed E-state index contributed by atoms with van der Waals surface area (Å²) in [5, 5.41) is 0. The van der Waals surface area contributed by atoms with Crippen molar-refractivity contribution in [2.75, 3.05) is 135 Å². The van der Waals surface area contributed by atoms with Gasteiger partial charge in [0.1, 0.15) is 0 Å². The predicted octanol–water partition coefficient (Wildman–Crippen LogP) is 0.0757. The number of hydrogen-bond donors (Lipinski definition) is 0. The first kappa shape index (κ1) is 54.7. The summed E-state index contributed by atoms with van der Waals surface area (Å²) in [5.41, 5.74) is 0. The number of carbonyl (C=O) groups is 8. The van der Waals surface area contributed by atoms with Crippen molar-refractivity contribution < 1.29 is 76.3 Å². The van der Waals surface area contributed by atoms with E-state index in [4.69, 9.17) is 0 Å². The summed E-state index contributed by atoms with van der Waals surface area (Å²) in [6.07, 6.45) is 2.43. The zero-order valence-electron chi connectivity index (χ0n) is 35.2. The Hall–Kier alpha value is -4.40. The summed E-state index contributed by atoms with van der Waals surface area (Å²) in [4.78, 5) is 99.2. The van der Waals surface area contributed by atoms with Gasteiger partial charge in [0.05, 0.1) is 108 Å². The van der Waals surface area contributed by atoms with E-state index < -0.39 is 0 Å². The fourth-order valence-electron chi connectivity index (χ4n) is 4.95. The fraction of sp³-hybridized carbons (Fsp3) is 0.784. The minimum Gasteiger partial charge on any atom is -0.469 e. The van der Waals surface area contributed by atoms with Crippen LogP contribution in [0, 0.1) is 0 Å². The van der Waals surface area contributed by atoms with Crippen molar-refractivity contribution in [1.29, 1.82) is 0 Å². The summed E-state index contributed by atoms with van der Waals surface area (Å²) < 4.78 is 37.3. The largest absolute Gasteiger partial charge is 0.469 e. The van der Waals surface area contributed by atoms with Crippen molar-refractivity contribution in [3.63, 3.8) is 0 Å². The van der Waals surface area contributed by atoms with E-state index in [0.717, 1.165) is 6.42 Å². The lowest BCUT2D eigenvalue weighted by molar-refractivity contribution is -0.143. The average molecular weight is 823 g/mol.